The smallest absolute Gasteiger partial charge is 0.208 e. The molecule has 0 aliphatic rings. The van der Waals surface area contributed by atoms with Crippen LogP contribution >= 0.6 is 35.0 Å². The van der Waals surface area contributed by atoms with Crippen LogP contribution in [0.4, 0.5) is 0 Å². The Morgan fingerprint density at radius 3 is 2.62 bits per heavy atom. The van der Waals surface area contributed by atoms with Gasteiger partial charge in [0.15, 0.2) is 0 Å². The minimum atomic E-state index is -0.0997. The predicted octanol–water partition coefficient (Wildman–Crippen LogP) is 5.36. The molecule has 0 aliphatic carbocycles. The van der Waals surface area contributed by atoms with Gasteiger partial charge in [-0.15, -0.1) is 5.10 Å². The van der Waals surface area contributed by atoms with E-state index >= 15 is 0 Å². The summed E-state index contributed by atoms with van der Waals surface area (Å²) in [5.74, 6) is 0.832. The third-order valence-corrected chi connectivity index (χ3v) is 4.65. The maximum Gasteiger partial charge on any atom is 0.208 e. The third-order valence-electron chi connectivity index (χ3n) is 3.08. The summed E-state index contributed by atoms with van der Waals surface area (Å²) in [6.07, 6.45) is 3.83. The van der Waals surface area contributed by atoms with Crippen molar-refractivity contribution in [1.82, 2.24) is 0 Å². The number of phenolic OH excluding ortho intramolecular Hbond substituents is 2. The quantitative estimate of drug-likeness (QED) is 0.396. The molecule has 0 aliphatic heterocycles. The standard InChI is InChI=1S/C18H17Cl2N3O2S/c1-2-7-26-18(23-22-11-12-5-3-4-6-16(12)24)21-10-13-8-14(19)9-15(20)17(13)25/h3-6,8-11,24-25H,2,7H2,1H3/b21-10+,22-11+,23-18-. The zero-order valence-corrected chi connectivity index (χ0v) is 16.3. The van der Waals surface area contributed by atoms with Crippen molar-refractivity contribution < 1.29 is 10.2 Å². The molecule has 5 nitrogen and oxygen atoms in total. The average molecular weight is 410 g/mol. The van der Waals surface area contributed by atoms with Gasteiger partial charge in [-0.2, -0.15) is 5.10 Å². The topological polar surface area (TPSA) is 77.5 Å². The molecular weight excluding hydrogens is 393 g/mol. The number of phenols is 2. The van der Waals surface area contributed by atoms with Crippen molar-refractivity contribution in [2.24, 2.45) is 15.2 Å². The van der Waals surface area contributed by atoms with E-state index in [1.54, 1.807) is 30.3 Å². The van der Waals surface area contributed by atoms with Gasteiger partial charge in [0.05, 0.1) is 11.2 Å². The van der Waals surface area contributed by atoms with Crippen LogP contribution in [0.25, 0.3) is 0 Å². The second-order valence-electron chi connectivity index (χ2n) is 5.12. The molecule has 0 spiro atoms. The highest BCUT2D eigenvalue weighted by Crippen LogP contribution is 2.30. The van der Waals surface area contributed by atoms with Crippen LogP contribution in [0.2, 0.25) is 10.0 Å². The first-order valence-corrected chi connectivity index (χ1v) is 9.49. The van der Waals surface area contributed by atoms with E-state index in [2.05, 4.69) is 15.2 Å². The number of aliphatic imine (C=N–C) groups is 1. The number of halogens is 2. The molecule has 8 heteroatoms. The molecule has 0 fully saturated rings. The monoisotopic (exact) mass is 409 g/mol. The van der Waals surface area contributed by atoms with Crippen LogP contribution < -0.4 is 0 Å². The van der Waals surface area contributed by atoms with Gasteiger partial charge < -0.3 is 10.2 Å². The number of hydrogen-bond acceptors (Lipinski definition) is 5. The summed E-state index contributed by atoms with van der Waals surface area (Å²) < 4.78 is 0. The van der Waals surface area contributed by atoms with E-state index in [0.717, 1.165) is 12.2 Å². The highest BCUT2D eigenvalue weighted by Gasteiger charge is 2.06. The number of rotatable bonds is 5. The highest BCUT2D eigenvalue weighted by atomic mass is 35.5. The van der Waals surface area contributed by atoms with E-state index in [1.165, 1.54) is 30.3 Å². The average Bonchev–Trinajstić information content (AvgIpc) is 2.62. The molecule has 0 bridgehead atoms. The molecule has 2 aromatic carbocycles. The lowest BCUT2D eigenvalue weighted by Gasteiger charge is -2.02. The Morgan fingerprint density at radius 2 is 1.88 bits per heavy atom. The summed E-state index contributed by atoms with van der Waals surface area (Å²) in [7, 11) is 0. The largest absolute Gasteiger partial charge is 0.507 e. The molecule has 0 heterocycles. The summed E-state index contributed by atoms with van der Waals surface area (Å²) >= 11 is 13.3. The van der Waals surface area contributed by atoms with Crippen LogP contribution in [0.5, 0.6) is 11.5 Å². The van der Waals surface area contributed by atoms with E-state index in [1.807, 2.05) is 6.92 Å². The molecule has 2 aromatic rings. The number of amidine groups is 1. The van der Waals surface area contributed by atoms with Gasteiger partial charge >= 0.3 is 0 Å². The number of nitrogens with zero attached hydrogens (tertiary/aromatic N) is 3. The fraction of sp³-hybridized carbons (Fsp3) is 0.167. The van der Waals surface area contributed by atoms with E-state index in [4.69, 9.17) is 23.2 Å². The summed E-state index contributed by atoms with van der Waals surface area (Å²) in [6, 6.07) is 9.82. The van der Waals surface area contributed by atoms with Crippen LogP contribution in [0.3, 0.4) is 0 Å². The Hall–Kier alpha value is -2.02. The number of benzene rings is 2. The number of para-hydroxylation sites is 1. The number of hydrogen-bond donors (Lipinski definition) is 2. The third kappa shape index (κ3) is 6.05. The van der Waals surface area contributed by atoms with Crippen molar-refractivity contribution in [3.63, 3.8) is 0 Å². The molecule has 0 unspecified atom stereocenters. The highest BCUT2D eigenvalue weighted by molar-refractivity contribution is 8.13. The van der Waals surface area contributed by atoms with E-state index in [9.17, 15) is 10.2 Å². The fourth-order valence-corrected chi connectivity index (χ4v) is 2.96. The zero-order chi connectivity index (χ0) is 18.9. The van der Waals surface area contributed by atoms with Gasteiger partial charge in [0.1, 0.15) is 11.5 Å². The second kappa shape index (κ2) is 10.2. The number of aromatic hydroxyl groups is 2. The fourth-order valence-electron chi connectivity index (χ4n) is 1.83. The van der Waals surface area contributed by atoms with Gasteiger partial charge in [-0.3, -0.25) is 0 Å². The first-order valence-electron chi connectivity index (χ1n) is 7.75. The first-order chi connectivity index (χ1) is 12.5. The van der Waals surface area contributed by atoms with Crippen molar-refractivity contribution in [3.05, 3.63) is 57.6 Å². The SMILES string of the molecule is CCCSC(=N\N=C\c1ccccc1O)/N=C/c1cc(Cl)cc(Cl)c1O. The molecule has 136 valence electrons. The van der Waals surface area contributed by atoms with Gasteiger partial charge in [0.25, 0.3) is 0 Å². The maximum absolute atomic E-state index is 9.98. The summed E-state index contributed by atoms with van der Waals surface area (Å²) in [5.41, 5.74) is 0.941. The Labute approximate surface area is 166 Å². The predicted molar refractivity (Wildman–Crippen MR) is 112 cm³/mol. The number of thioether (sulfide) groups is 1. The minimum Gasteiger partial charge on any atom is -0.507 e. The van der Waals surface area contributed by atoms with Gasteiger partial charge in [-0.25, -0.2) is 4.99 Å². The van der Waals surface area contributed by atoms with Crippen LogP contribution in [0, 0.1) is 0 Å². The van der Waals surface area contributed by atoms with Crippen molar-refractivity contribution in [3.8, 4) is 11.5 Å². The minimum absolute atomic E-state index is 0.0997. The Bertz CT molecular complexity index is 854. The molecule has 0 amide bonds. The summed E-state index contributed by atoms with van der Waals surface area (Å²) in [5, 5.41) is 28.7. The molecule has 0 saturated heterocycles. The van der Waals surface area contributed by atoms with Crippen molar-refractivity contribution in [1.29, 1.82) is 0 Å². The van der Waals surface area contributed by atoms with Crippen molar-refractivity contribution >= 4 is 52.6 Å². The van der Waals surface area contributed by atoms with E-state index < -0.39 is 0 Å². The normalized spacial score (nSPS) is 12.3. The maximum atomic E-state index is 9.98. The first kappa shape index (κ1) is 20.3. The van der Waals surface area contributed by atoms with Crippen LogP contribution in [-0.2, 0) is 0 Å². The Kier molecular flexibility index (Phi) is 7.97. The van der Waals surface area contributed by atoms with Gasteiger partial charge in [0.2, 0.25) is 5.17 Å². The molecule has 2 rings (SSSR count). The van der Waals surface area contributed by atoms with Crippen molar-refractivity contribution in [2.45, 2.75) is 13.3 Å². The molecule has 0 radical (unpaired) electrons. The van der Waals surface area contributed by atoms with Crippen LogP contribution in [0.1, 0.15) is 24.5 Å². The summed E-state index contributed by atoms with van der Waals surface area (Å²) in [6.45, 7) is 2.04. The molecule has 0 atom stereocenters. The summed E-state index contributed by atoms with van der Waals surface area (Å²) in [4.78, 5) is 4.26. The van der Waals surface area contributed by atoms with E-state index in [0.29, 0.717) is 21.3 Å². The molecule has 0 saturated carbocycles. The van der Waals surface area contributed by atoms with Gasteiger partial charge in [-0.1, -0.05) is 54.0 Å². The molecule has 0 aromatic heterocycles. The zero-order valence-electron chi connectivity index (χ0n) is 13.9. The Morgan fingerprint density at radius 1 is 1.12 bits per heavy atom. The van der Waals surface area contributed by atoms with Crippen LogP contribution in [0.15, 0.2) is 51.6 Å². The van der Waals surface area contributed by atoms with Crippen LogP contribution in [-0.4, -0.2) is 33.6 Å². The van der Waals surface area contributed by atoms with E-state index in [-0.39, 0.29) is 16.5 Å². The van der Waals surface area contributed by atoms with Gasteiger partial charge in [0, 0.05) is 28.1 Å². The lowest BCUT2D eigenvalue weighted by atomic mass is 10.2. The van der Waals surface area contributed by atoms with Gasteiger partial charge in [-0.05, 0) is 30.7 Å². The lowest BCUT2D eigenvalue weighted by Crippen LogP contribution is -1.93. The Balaban J connectivity index is 2.23. The molecular formula is C18H17Cl2N3O2S. The molecule has 2 N–H and O–H groups in total. The second-order valence-corrected chi connectivity index (χ2v) is 7.02. The molecule has 26 heavy (non-hydrogen) atoms. The lowest BCUT2D eigenvalue weighted by molar-refractivity contribution is 0.474. The van der Waals surface area contributed by atoms with Crippen molar-refractivity contribution in [2.75, 3.05) is 5.75 Å².